The zero-order valence-electron chi connectivity index (χ0n) is 18.7. The summed E-state index contributed by atoms with van der Waals surface area (Å²) in [6.07, 6.45) is -8.94. The average molecular weight is 650 g/mol. The van der Waals surface area contributed by atoms with Gasteiger partial charge in [-0.25, -0.2) is 0 Å². The van der Waals surface area contributed by atoms with Gasteiger partial charge in [0.15, 0.2) is 13.2 Å². The molecule has 196 valence electrons. The van der Waals surface area contributed by atoms with Crippen molar-refractivity contribution in [2.24, 2.45) is 0 Å². The van der Waals surface area contributed by atoms with Crippen molar-refractivity contribution < 1.29 is 41.4 Å². The van der Waals surface area contributed by atoms with Crippen molar-refractivity contribution in [3.8, 4) is 17.2 Å². The van der Waals surface area contributed by atoms with Crippen molar-refractivity contribution in [3.05, 3.63) is 75.7 Å². The van der Waals surface area contributed by atoms with E-state index in [0.29, 0.717) is 16.0 Å². The van der Waals surface area contributed by atoms with Gasteiger partial charge in [-0.2, -0.15) is 17.6 Å². The molecule has 2 amide bonds. The number of amides is 2. The highest BCUT2D eigenvalue weighted by atomic mass is 79.9. The Labute approximate surface area is 225 Å². The largest absolute Gasteiger partial charge is 0.484 e. The molecule has 0 aliphatic rings. The number of halogens is 6. The molecule has 0 atom stereocenters. The Balaban J connectivity index is 1.71. The summed E-state index contributed by atoms with van der Waals surface area (Å²) in [6.45, 7) is -0.918. The topological polar surface area (TPSA) is 85.9 Å². The Morgan fingerprint density at radius 3 is 1.86 bits per heavy atom. The molecule has 3 aromatic rings. The lowest BCUT2D eigenvalue weighted by Gasteiger charge is -2.20. The van der Waals surface area contributed by atoms with Crippen LogP contribution >= 0.6 is 31.9 Å². The molecular formula is C24H18Br2F4N2O5. The number of alkyl halides is 4. The van der Waals surface area contributed by atoms with Crippen molar-refractivity contribution in [3.63, 3.8) is 0 Å². The van der Waals surface area contributed by atoms with Gasteiger partial charge in [0.25, 0.3) is 11.8 Å². The summed E-state index contributed by atoms with van der Waals surface area (Å²) in [5.41, 5.74) is -0.340. The number of ether oxygens (including phenoxy) is 3. The molecule has 13 heteroatoms. The van der Waals surface area contributed by atoms with Crippen LogP contribution in [-0.4, -0.2) is 37.6 Å². The number of hydrogen-bond acceptors (Lipinski definition) is 5. The van der Waals surface area contributed by atoms with Crippen LogP contribution in [0.3, 0.4) is 0 Å². The van der Waals surface area contributed by atoms with E-state index in [1.165, 1.54) is 0 Å². The van der Waals surface area contributed by atoms with Gasteiger partial charge in [0.1, 0.15) is 17.2 Å². The molecular weight excluding hydrogens is 632 g/mol. The third kappa shape index (κ3) is 8.93. The first-order valence-corrected chi connectivity index (χ1v) is 12.0. The van der Waals surface area contributed by atoms with E-state index in [2.05, 4.69) is 47.2 Å². The van der Waals surface area contributed by atoms with Gasteiger partial charge in [0, 0.05) is 14.6 Å². The molecule has 0 aliphatic carbocycles. The van der Waals surface area contributed by atoms with Crippen LogP contribution in [0.15, 0.2) is 75.7 Å². The summed E-state index contributed by atoms with van der Waals surface area (Å²) in [5.74, 6) is -1.39. The fraction of sp³-hybridized carbons (Fsp3) is 0.167. The highest BCUT2D eigenvalue weighted by Crippen LogP contribution is 2.34. The maximum Gasteiger partial charge on any atom is 0.461 e. The van der Waals surface area contributed by atoms with Crippen molar-refractivity contribution in [1.82, 2.24) is 0 Å². The van der Waals surface area contributed by atoms with E-state index >= 15 is 0 Å². The Morgan fingerprint density at radius 1 is 0.811 bits per heavy atom. The summed E-state index contributed by atoms with van der Waals surface area (Å²) in [6, 6.07) is 16.5. The molecule has 37 heavy (non-hydrogen) atoms. The van der Waals surface area contributed by atoms with Crippen LogP contribution in [0, 0.1) is 0 Å². The Morgan fingerprint density at radius 2 is 1.35 bits per heavy atom. The SMILES string of the molecule is O=C(COc1cccc(Br)c1)Nc1ccc(OC(F)(F)C(F)F)c(NC(=O)COc2cccc(Br)c2)c1. The Hall–Kier alpha value is -3.32. The summed E-state index contributed by atoms with van der Waals surface area (Å²) >= 11 is 6.53. The van der Waals surface area contributed by atoms with Gasteiger partial charge in [0.05, 0.1) is 5.69 Å². The third-order valence-corrected chi connectivity index (χ3v) is 5.36. The van der Waals surface area contributed by atoms with E-state index in [1.54, 1.807) is 48.5 Å². The molecule has 0 unspecified atom stereocenters. The molecule has 3 rings (SSSR count). The first-order chi connectivity index (χ1) is 17.5. The van der Waals surface area contributed by atoms with Crippen LogP contribution in [0.4, 0.5) is 28.9 Å². The monoisotopic (exact) mass is 648 g/mol. The number of carbonyl (C=O) groups excluding carboxylic acids is 2. The number of nitrogens with one attached hydrogen (secondary N) is 2. The standard InChI is InChI=1S/C24H18Br2F4N2O5/c25-14-3-1-5-17(9-14)35-12-21(33)31-16-7-8-20(37-24(29,30)23(27)28)19(11-16)32-22(34)13-36-18-6-2-4-15(26)10-18/h1-11,23H,12-13H2,(H,31,33)(H,32,34). The average Bonchev–Trinajstić information content (AvgIpc) is 2.83. The fourth-order valence-corrected chi connectivity index (χ4v) is 3.54. The lowest BCUT2D eigenvalue weighted by atomic mass is 10.2. The fourth-order valence-electron chi connectivity index (χ4n) is 2.78. The first kappa shape index (κ1) is 28.3. The molecule has 0 saturated heterocycles. The molecule has 0 aliphatic heterocycles. The second-order valence-corrected chi connectivity index (χ2v) is 9.10. The van der Waals surface area contributed by atoms with Crippen LogP contribution in [0.25, 0.3) is 0 Å². The van der Waals surface area contributed by atoms with Gasteiger partial charge in [-0.3, -0.25) is 9.59 Å². The first-order valence-electron chi connectivity index (χ1n) is 10.4. The van der Waals surface area contributed by atoms with Crippen molar-refractivity contribution in [2.45, 2.75) is 12.5 Å². The van der Waals surface area contributed by atoms with Crippen LogP contribution in [-0.2, 0) is 9.59 Å². The maximum absolute atomic E-state index is 13.6. The molecule has 0 radical (unpaired) electrons. The Kier molecular flexibility index (Phi) is 9.75. The van der Waals surface area contributed by atoms with E-state index in [0.717, 1.165) is 22.7 Å². The van der Waals surface area contributed by atoms with E-state index < -0.39 is 42.4 Å². The molecule has 0 heterocycles. The maximum atomic E-state index is 13.6. The van der Waals surface area contributed by atoms with E-state index in [1.807, 2.05) is 0 Å². The minimum atomic E-state index is -4.82. The summed E-state index contributed by atoms with van der Waals surface area (Å²) in [5, 5.41) is 4.73. The zero-order chi connectivity index (χ0) is 27.0. The number of anilines is 2. The minimum absolute atomic E-state index is 0.0544. The lowest BCUT2D eigenvalue weighted by molar-refractivity contribution is -0.252. The molecule has 0 aromatic heterocycles. The van der Waals surface area contributed by atoms with E-state index in [4.69, 9.17) is 9.47 Å². The summed E-state index contributed by atoms with van der Waals surface area (Å²) < 4.78 is 68.8. The predicted molar refractivity (Wildman–Crippen MR) is 135 cm³/mol. The molecule has 3 aromatic carbocycles. The minimum Gasteiger partial charge on any atom is -0.484 e. The van der Waals surface area contributed by atoms with Crippen LogP contribution < -0.4 is 24.8 Å². The molecule has 0 fully saturated rings. The van der Waals surface area contributed by atoms with Gasteiger partial charge >= 0.3 is 12.5 Å². The van der Waals surface area contributed by atoms with Crippen LogP contribution in [0.5, 0.6) is 17.2 Å². The van der Waals surface area contributed by atoms with Crippen molar-refractivity contribution in [2.75, 3.05) is 23.8 Å². The number of hydrogen-bond donors (Lipinski definition) is 2. The van der Waals surface area contributed by atoms with Gasteiger partial charge in [-0.05, 0) is 54.6 Å². The van der Waals surface area contributed by atoms with Gasteiger partial charge in [-0.15, -0.1) is 0 Å². The highest BCUT2D eigenvalue weighted by Gasteiger charge is 2.44. The zero-order valence-corrected chi connectivity index (χ0v) is 21.8. The third-order valence-electron chi connectivity index (χ3n) is 4.37. The van der Waals surface area contributed by atoms with Crippen molar-refractivity contribution >= 4 is 55.0 Å². The number of rotatable bonds is 11. The van der Waals surface area contributed by atoms with Gasteiger partial charge < -0.3 is 24.8 Å². The van der Waals surface area contributed by atoms with Crippen LogP contribution in [0.2, 0.25) is 0 Å². The molecule has 0 spiro atoms. The van der Waals surface area contributed by atoms with Crippen molar-refractivity contribution in [1.29, 1.82) is 0 Å². The second-order valence-electron chi connectivity index (χ2n) is 7.26. The molecule has 0 bridgehead atoms. The van der Waals surface area contributed by atoms with Gasteiger partial charge in [0.2, 0.25) is 0 Å². The Bertz CT molecular complexity index is 1260. The lowest BCUT2D eigenvalue weighted by Crippen LogP contribution is -2.34. The molecule has 2 N–H and O–H groups in total. The summed E-state index contributed by atoms with van der Waals surface area (Å²) in [4.78, 5) is 24.7. The van der Waals surface area contributed by atoms with E-state index in [9.17, 15) is 27.2 Å². The predicted octanol–water partition coefficient (Wildman–Crippen LogP) is 6.48. The second kappa shape index (κ2) is 12.8. The highest BCUT2D eigenvalue weighted by molar-refractivity contribution is 9.10. The summed E-state index contributed by atoms with van der Waals surface area (Å²) in [7, 11) is 0. The number of benzene rings is 3. The van der Waals surface area contributed by atoms with Crippen LogP contribution in [0.1, 0.15) is 0 Å². The molecule has 0 saturated carbocycles. The number of carbonyl (C=O) groups is 2. The smallest absolute Gasteiger partial charge is 0.461 e. The molecule has 7 nitrogen and oxygen atoms in total. The quantitative estimate of drug-likeness (QED) is 0.232. The van der Waals surface area contributed by atoms with Gasteiger partial charge in [-0.1, -0.05) is 44.0 Å². The van der Waals surface area contributed by atoms with E-state index in [-0.39, 0.29) is 12.3 Å². The normalized spacial score (nSPS) is 11.1.